The summed E-state index contributed by atoms with van der Waals surface area (Å²) in [5.41, 5.74) is 6.06. The molecule has 4 nitrogen and oxygen atoms in total. The van der Waals surface area contributed by atoms with Crippen molar-refractivity contribution in [1.82, 2.24) is 0 Å². The second-order valence-electron chi connectivity index (χ2n) is 3.48. The number of benzene rings is 1. The van der Waals surface area contributed by atoms with Crippen molar-refractivity contribution in [3.63, 3.8) is 0 Å². The van der Waals surface area contributed by atoms with Crippen LogP contribution in [0.4, 0.5) is 10.5 Å². The average Bonchev–Trinajstić information content (AvgIpc) is 2.58. The van der Waals surface area contributed by atoms with E-state index in [9.17, 15) is 4.79 Å². The van der Waals surface area contributed by atoms with Gasteiger partial charge in [-0.2, -0.15) is 0 Å². The summed E-state index contributed by atoms with van der Waals surface area (Å²) >= 11 is 11.7. The first kappa shape index (κ1) is 11.5. The number of cyclic esters (lactones) is 1. The predicted molar refractivity (Wildman–Crippen MR) is 63.1 cm³/mol. The van der Waals surface area contributed by atoms with Crippen LogP contribution in [0.3, 0.4) is 0 Å². The highest BCUT2D eigenvalue weighted by Crippen LogP contribution is 2.28. The molecule has 1 aromatic carbocycles. The summed E-state index contributed by atoms with van der Waals surface area (Å²) in [4.78, 5) is 13.0. The first-order valence-corrected chi connectivity index (χ1v) is 5.50. The lowest BCUT2D eigenvalue weighted by Crippen LogP contribution is -2.27. The maximum Gasteiger partial charge on any atom is 0.414 e. The third-order valence-electron chi connectivity index (χ3n) is 2.30. The molecule has 0 radical (unpaired) electrons. The highest BCUT2D eigenvalue weighted by Gasteiger charge is 2.31. The van der Waals surface area contributed by atoms with Gasteiger partial charge >= 0.3 is 6.09 Å². The summed E-state index contributed by atoms with van der Waals surface area (Å²) < 4.78 is 5.03. The molecule has 1 unspecified atom stereocenters. The van der Waals surface area contributed by atoms with E-state index in [4.69, 9.17) is 33.7 Å². The molecule has 0 bridgehead atoms. The molecule has 2 rings (SSSR count). The molecular formula is C10H10Cl2N2O2. The van der Waals surface area contributed by atoms with E-state index in [0.29, 0.717) is 28.8 Å². The number of amides is 1. The lowest BCUT2D eigenvalue weighted by Gasteiger charge is -2.13. The smallest absolute Gasteiger partial charge is 0.414 e. The summed E-state index contributed by atoms with van der Waals surface area (Å²) in [5, 5.41) is 0.956. The van der Waals surface area contributed by atoms with E-state index >= 15 is 0 Å². The number of rotatable bonds is 2. The van der Waals surface area contributed by atoms with E-state index in [1.54, 1.807) is 18.2 Å². The minimum atomic E-state index is -0.422. The number of hydrogen-bond donors (Lipinski definition) is 1. The van der Waals surface area contributed by atoms with Gasteiger partial charge in [0, 0.05) is 16.6 Å². The van der Waals surface area contributed by atoms with E-state index in [2.05, 4.69) is 0 Å². The van der Waals surface area contributed by atoms with Crippen LogP contribution in [0.25, 0.3) is 0 Å². The largest absolute Gasteiger partial charge is 0.443 e. The van der Waals surface area contributed by atoms with Crippen LogP contribution in [-0.2, 0) is 4.74 Å². The zero-order valence-electron chi connectivity index (χ0n) is 8.32. The van der Waals surface area contributed by atoms with Gasteiger partial charge in [-0.1, -0.05) is 23.2 Å². The first-order chi connectivity index (χ1) is 7.60. The Hall–Kier alpha value is -0.970. The molecule has 1 amide bonds. The SMILES string of the molecule is NCC1CN(c2cc(Cl)cc(Cl)c2)C(=O)O1. The van der Waals surface area contributed by atoms with E-state index in [1.165, 1.54) is 4.90 Å². The molecule has 2 N–H and O–H groups in total. The number of anilines is 1. The van der Waals surface area contributed by atoms with Gasteiger partial charge < -0.3 is 10.5 Å². The Balaban J connectivity index is 2.27. The summed E-state index contributed by atoms with van der Waals surface area (Å²) in [7, 11) is 0. The minimum absolute atomic E-state index is 0.273. The monoisotopic (exact) mass is 260 g/mol. The second kappa shape index (κ2) is 4.49. The van der Waals surface area contributed by atoms with Gasteiger partial charge in [-0.25, -0.2) is 4.79 Å². The summed E-state index contributed by atoms with van der Waals surface area (Å²) in [5.74, 6) is 0. The lowest BCUT2D eigenvalue weighted by atomic mass is 10.2. The Morgan fingerprint density at radius 1 is 1.38 bits per heavy atom. The Morgan fingerprint density at radius 3 is 2.50 bits per heavy atom. The highest BCUT2D eigenvalue weighted by molar-refractivity contribution is 6.35. The molecule has 1 fully saturated rings. The summed E-state index contributed by atoms with van der Waals surface area (Å²) in [6.45, 7) is 0.725. The zero-order valence-corrected chi connectivity index (χ0v) is 9.83. The number of carbonyl (C=O) groups excluding carboxylic acids is 1. The van der Waals surface area contributed by atoms with Crippen LogP contribution in [0.15, 0.2) is 18.2 Å². The fourth-order valence-corrected chi connectivity index (χ4v) is 2.06. The molecule has 0 aromatic heterocycles. The third kappa shape index (κ3) is 2.24. The Morgan fingerprint density at radius 2 is 2.00 bits per heavy atom. The standard InChI is InChI=1S/C10H10Cl2N2O2/c11-6-1-7(12)3-8(2-6)14-5-9(4-13)16-10(14)15/h1-3,9H,4-5,13H2. The lowest BCUT2D eigenvalue weighted by molar-refractivity contribution is 0.145. The molecule has 1 aliphatic rings. The van der Waals surface area contributed by atoms with Gasteiger partial charge in [-0.15, -0.1) is 0 Å². The summed E-state index contributed by atoms with van der Waals surface area (Å²) in [6, 6.07) is 4.93. The van der Waals surface area contributed by atoms with Gasteiger partial charge in [0.15, 0.2) is 0 Å². The van der Waals surface area contributed by atoms with Crippen molar-refractivity contribution in [2.24, 2.45) is 5.73 Å². The fourth-order valence-electron chi connectivity index (χ4n) is 1.55. The number of hydrogen-bond acceptors (Lipinski definition) is 3. The number of carbonyl (C=O) groups is 1. The van der Waals surface area contributed by atoms with Crippen LogP contribution in [0.1, 0.15) is 0 Å². The molecule has 86 valence electrons. The van der Waals surface area contributed by atoms with Crippen molar-refractivity contribution < 1.29 is 9.53 Å². The average molecular weight is 261 g/mol. The van der Waals surface area contributed by atoms with Gasteiger partial charge in [-0.05, 0) is 18.2 Å². The molecule has 16 heavy (non-hydrogen) atoms. The van der Waals surface area contributed by atoms with Crippen molar-refractivity contribution in [2.75, 3.05) is 18.0 Å². The Labute approximate surface area is 103 Å². The maximum atomic E-state index is 11.5. The van der Waals surface area contributed by atoms with Gasteiger partial charge in [0.2, 0.25) is 0 Å². The van der Waals surface area contributed by atoms with Crippen molar-refractivity contribution >= 4 is 35.0 Å². The topological polar surface area (TPSA) is 55.6 Å². The van der Waals surface area contributed by atoms with E-state index < -0.39 is 6.09 Å². The Kier molecular flexibility index (Phi) is 3.23. The molecule has 1 aliphatic heterocycles. The van der Waals surface area contributed by atoms with Crippen molar-refractivity contribution in [2.45, 2.75) is 6.10 Å². The maximum absolute atomic E-state index is 11.5. The van der Waals surface area contributed by atoms with Crippen LogP contribution < -0.4 is 10.6 Å². The molecule has 1 atom stereocenters. The Bertz CT molecular complexity index is 405. The number of nitrogens with two attached hydrogens (primary N) is 1. The molecular weight excluding hydrogens is 251 g/mol. The molecule has 0 spiro atoms. The zero-order chi connectivity index (χ0) is 11.7. The van der Waals surface area contributed by atoms with Crippen molar-refractivity contribution in [3.05, 3.63) is 28.2 Å². The molecule has 1 heterocycles. The molecule has 1 saturated heterocycles. The van der Waals surface area contributed by atoms with Crippen LogP contribution in [0.5, 0.6) is 0 Å². The molecule has 6 heteroatoms. The molecule has 1 aromatic rings. The van der Waals surface area contributed by atoms with Crippen LogP contribution in [0, 0.1) is 0 Å². The van der Waals surface area contributed by atoms with E-state index in [-0.39, 0.29) is 6.10 Å². The van der Waals surface area contributed by atoms with Crippen molar-refractivity contribution in [3.8, 4) is 0 Å². The van der Waals surface area contributed by atoms with Gasteiger partial charge in [-0.3, -0.25) is 4.90 Å². The minimum Gasteiger partial charge on any atom is -0.443 e. The fraction of sp³-hybridized carbons (Fsp3) is 0.300. The quantitative estimate of drug-likeness (QED) is 0.888. The predicted octanol–water partition coefficient (Wildman–Crippen LogP) is 2.28. The van der Waals surface area contributed by atoms with Crippen LogP contribution >= 0.6 is 23.2 Å². The van der Waals surface area contributed by atoms with Crippen molar-refractivity contribution in [1.29, 1.82) is 0 Å². The van der Waals surface area contributed by atoms with Gasteiger partial charge in [0.25, 0.3) is 0 Å². The molecule has 0 aliphatic carbocycles. The van der Waals surface area contributed by atoms with E-state index in [0.717, 1.165) is 0 Å². The van der Waals surface area contributed by atoms with Gasteiger partial charge in [0.05, 0.1) is 12.2 Å². The number of nitrogens with zero attached hydrogens (tertiary/aromatic N) is 1. The normalized spacial score (nSPS) is 20.1. The second-order valence-corrected chi connectivity index (χ2v) is 4.35. The highest BCUT2D eigenvalue weighted by atomic mass is 35.5. The van der Waals surface area contributed by atoms with Crippen LogP contribution in [-0.4, -0.2) is 25.3 Å². The third-order valence-corrected chi connectivity index (χ3v) is 2.73. The van der Waals surface area contributed by atoms with Crippen LogP contribution in [0.2, 0.25) is 10.0 Å². The van der Waals surface area contributed by atoms with Gasteiger partial charge in [0.1, 0.15) is 6.10 Å². The van der Waals surface area contributed by atoms with E-state index in [1.807, 2.05) is 0 Å². The summed E-state index contributed by atoms with van der Waals surface area (Å²) in [6.07, 6.45) is -0.695. The molecule has 0 saturated carbocycles. The number of ether oxygens (including phenoxy) is 1. The number of halogens is 2. The first-order valence-electron chi connectivity index (χ1n) is 4.74.